The summed E-state index contributed by atoms with van der Waals surface area (Å²) in [5, 5.41) is 7.31. The van der Waals surface area contributed by atoms with Crippen LogP contribution in [0.1, 0.15) is 0 Å². The van der Waals surface area contributed by atoms with Crippen LogP contribution in [0, 0.1) is 5.82 Å². The average Bonchev–Trinajstić information content (AvgIpc) is 2.76. The van der Waals surface area contributed by atoms with Crippen molar-refractivity contribution in [3.63, 3.8) is 0 Å². The molecule has 2 N–H and O–H groups in total. The molecule has 0 heterocycles. The van der Waals surface area contributed by atoms with Gasteiger partial charge in [-0.3, -0.25) is 0 Å². The third-order valence-corrected chi connectivity index (χ3v) is 4.50. The van der Waals surface area contributed by atoms with Crippen LogP contribution in [0.15, 0.2) is 84.9 Å². The molecule has 4 rings (SSSR count). The second-order valence-corrected chi connectivity index (χ2v) is 6.55. The fourth-order valence-corrected chi connectivity index (χ4v) is 3.02. The maximum atomic E-state index is 13.0. The van der Waals surface area contributed by atoms with Crippen LogP contribution in [0.3, 0.4) is 0 Å². The predicted molar refractivity (Wildman–Crippen MR) is 116 cm³/mol. The van der Waals surface area contributed by atoms with Crippen LogP contribution in [0.5, 0.6) is 17.2 Å². The summed E-state index contributed by atoms with van der Waals surface area (Å²) >= 11 is 0. The van der Waals surface area contributed by atoms with E-state index < -0.39 is 6.03 Å². The van der Waals surface area contributed by atoms with E-state index in [0.717, 1.165) is 16.5 Å². The number of anilines is 2. The van der Waals surface area contributed by atoms with Gasteiger partial charge in [0.2, 0.25) is 0 Å². The number of amides is 2. The summed E-state index contributed by atoms with van der Waals surface area (Å²) in [6.07, 6.45) is 0. The van der Waals surface area contributed by atoms with Crippen LogP contribution in [0.25, 0.3) is 10.8 Å². The highest BCUT2D eigenvalue weighted by molar-refractivity contribution is 6.06. The number of methoxy groups -OCH3 is 1. The molecule has 0 aliphatic carbocycles. The lowest BCUT2D eigenvalue weighted by molar-refractivity contribution is 0.262. The van der Waals surface area contributed by atoms with Crippen LogP contribution in [-0.4, -0.2) is 13.1 Å². The Morgan fingerprint density at radius 2 is 1.50 bits per heavy atom. The van der Waals surface area contributed by atoms with E-state index in [1.807, 2.05) is 60.7 Å². The molecule has 0 aliphatic rings. The molecule has 0 bridgehead atoms. The number of rotatable bonds is 5. The molecule has 0 saturated heterocycles. The zero-order valence-electron chi connectivity index (χ0n) is 16.2. The molecule has 0 aliphatic heterocycles. The van der Waals surface area contributed by atoms with E-state index in [1.54, 1.807) is 7.11 Å². The number of halogens is 1. The molecule has 4 aromatic carbocycles. The van der Waals surface area contributed by atoms with Gasteiger partial charge >= 0.3 is 6.03 Å². The fourth-order valence-electron chi connectivity index (χ4n) is 3.02. The first-order valence-corrected chi connectivity index (χ1v) is 9.29. The van der Waals surface area contributed by atoms with Gasteiger partial charge in [0.15, 0.2) is 0 Å². The van der Waals surface area contributed by atoms with Gasteiger partial charge in [0.05, 0.1) is 12.8 Å². The predicted octanol–water partition coefficient (Wildman–Crippen LogP) is 6.42. The number of ether oxygens (including phenoxy) is 2. The molecule has 0 fully saturated rings. The molecule has 0 unspecified atom stereocenters. The molecule has 0 aromatic heterocycles. The summed E-state index contributed by atoms with van der Waals surface area (Å²) < 4.78 is 24.1. The number of carbonyl (C=O) groups is 1. The summed E-state index contributed by atoms with van der Waals surface area (Å²) in [4.78, 5) is 12.4. The van der Waals surface area contributed by atoms with Crippen molar-refractivity contribution >= 4 is 28.2 Å². The van der Waals surface area contributed by atoms with Crippen molar-refractivity contribution in [2.75, 3.05) is 17.7 Å². The van der Waals surface area contributed by atoms with Gasteiger partial charge in [0.25, 0.3) is 0 Å². The number of nitrogens with one attached hydrogen (secondary N) is 2. The Labute approximate surface area is 173 Å². The minimum Gasteiger partial charge on any atom is -0.497 e. The maximum Gasteiger partial charge on any atom is 0.323 e. The van der Waals surface area contributed by atoms with Crippen molar-refractivity contribution in [2.45, 2.75) is 0 Å². The van der Waals surface area contributed by atoms with Gasteiger partial charge in [-0.2, -0.15) is 0 Å². The molecule has 4 aromatic rings. The standard InChI is InChI=1S/C24H19FN2O3/c1-29-19-11-13-20(14-12-19)30-21-10-5-16-3-2-4-23(22(16)15-21)27-24(28)26-18-8-6-17(25)7-9-18/h2-15H,1H3,(H2,26,27,28). The Balaban J connectivity index is 1.54. The average molecular weight is 402 g/mol. The summed E-state index contributed by atoms with van der Waals surface area (Å²) in [7, 11) is 1.61. The third kappa shape index (κ3) is 4.50. The molecular formula is C24H19FN2O3. The van der Waals surface area contributed by atoms with Crippen molar-refractivity contribution in [1.29, 1.82) is 0 Å². The second-order valence-electron chi connectivity index (χ2n) is 6.55. The van der Waals surface area contributed by atoms with E-state index in [-0.39, 0.29) is 5.82 Å². The summed E-state index contributed by atoms with van der Waals surface area (Å²) in [5.41, 5.74) is 1.13. The fraction of sp³-hybridized carbons (Fsp3) is 0.0417. The van der Waals surface area contributed by atoms with E-state index in [9.17, 15) is 9.18 Å². The summed E-state index contributed by atoms with van der Waals surface area (Å²) in [5.74, 6) is 1.70. The van der Waals surface area contributed by atoms with Crippen LogP contribution < -0.4 is 20.1 Å². The van der Waals surface area contributed by atoms with Crippen LogP contribution in [0.2, 0.25) is 0 Å². The Bertz CT molecular complexity index is 1180. The number of hydrogen-bond donors (Lipinski definition) is 2. The van der Waals surface area contributed by atoms with Crippen molar-refractivity contribution in [3.8, 4) is 17.2 Å². The highest BCUT2D eigenvalue weighted by atomic mass is 19.1. The normalized spacial score (nSPS) is 10.5. The van der Waals surface area contributed by atoms with Gasteiger partial charge in [-0.1, -0.05) is 18.2 Å². The molecular weight excluding hydrogens is 383 g/mol. The number of benzene rings is 4. The number of fused-ring (bicyclic) bond motifs is 1. The second kappa shape index (κ2) is 8.53. The number of hydrogen-bond acceptors (Lipinski definition) is 3. The van der Waals surface area contributed by atoms with Gasteiger partial charge in [-0.05, 0) is 72.1 Å². The van der Waals surface area contributed by atoms with Crippen LogP contribution in [-0.2, 0) is 0 Å². The van der Waals surface area contributed by atoms with E-state index >= 15 is 0 Å². The monoisotopic (exact) mass is 402 g/mol. The Kier molecular flexibility index (Phi) is 5.48. The lowest BCUT2D eigenvalue weighted by Gasteiger charge is -2.12. The zero-order valence-corrected chi connectivity index (χ0v) is 16.2. The SMILES string of the molecule is COc1ccc(Oc2ccc3cccc(NC(=O)Nc4ccc(F)cc4)c3c2)cc1. The highest BCUT2D eigenvalue weighted by Crippen LogP contribution is 2.31. The topological polar surface area (TPSA) is 59.6 Å². The van der Waals surface area contributed by atoms with Crippen molar-refractivity contribution in [3.05, 3.63) is 90.7 Å². The van der Waals surface area contributed by atoms with Gasteiger partial charge in [0.1, 0.15) is 23.1 Å². The van der Waals surface area contributed by atoms with Gasteiger partial charge in [-0.15, -0.1) is 0 Å². The van der Waals surface area contributed by atoms with Crippen molar-refractivity contribution in [2.24, 2.45) is 0 Å². The first-order valence-electron chi connectivity index (χ1n) is 9.29. The largest absolute Gasteiger partial charge is 0.497 e. The first-order chi connectivity index (χ1) is 14.6. The Morgan fingerprint density at radius 3 is 2.23 bits per heavy atom. The molecule has 6 heteroatoms. The molecule has 150 valence electrons. The highest BCUT2D eigenvalue weighted by Gasteiger charge is 2.08. The van der Waals surface area contributed by atoms with Gasteiger partial charge < -0.3 is 20.1 Å². The minimum absolute atomic E-state index is 0.362. The number of urea groups is 1. The molecule has 2 amide bonds. The molecule has 0 spiro atoms. The van der Waals surface area contributed by atoms with Crippen LogP contribution in [0.4, 0.5) is 20.6 Å². The van der Waals surface area contributed by atoms with E-state index in [4.69, 9.17) is 9.47 Å². The van der Waals surface area contributed by atoms with E-state index in [1.165, 1.54) is 24.3 Å². The summed E-state index contributed by atoms with van der Waals surface area (Å²) in [6, 6.07) is 23.7. The van der Waals surface area contributed by atoms with Crippen LogP contribution >= 0.6 is 0 Å². The lowest BCUT2D eigenvalue weighted by Crippen LogP contribution is -2.19. The first kappa shape index (κ1) is 19.3. The van der Waals surface area contributed by atoms with Crippen molar-refractivity contribution < 1.29 is 18.7 Å². The Morgan fingerprint density at radius 1 is 0.800 bits per heavy atom. The smallest absolute Gasteiger partial charge is 0.323 e. The van der Waals surface area contributed by atoms with Gasteiger partial charge in [0, 0.05) is 11.1 Å². The van der Waals surface area contributed by atoms with E-state index in [0.29, 0.717) is 22.9 Å². The van der Waals surface area contributed by atoms with Crippen molar-refractivity contribution in [1.82, 2.24) is 0 Å². The molecule has 0 atom stereocenters. The maximum absolute atomic E-state index is 13.0. The van der Waals surface area contributed by atoms with E-state index in [2.05, 4.69) is 10.6 Å². The molecule has 0 saturated carbocycles. The minimum atomic E-state index is -0.421. The number of carbonyl (C=O) groups excluding carboxylic acids is 1. The third-order valence-electron chi connectivity index (χ3n) is 4.50. The Hall–Kier alpha value is -4.06. The molecule has 0 radical (unpaired) electrons. The zero-order chi connectivity index (χ0) is 20.9. The molecule has 5 nitrogen and oxygen atoms in total. The quantitative estimate of drug-likeness (QED) is 0.405. The van der Waals surface area contributed by atoms with Gasteiger partial charge in [-0.25, -0.2) is 9.18 Å². The lowest BCUT2D eigenvalue weighted by atomic mass is 10.1. The summed E-state index contributed by atoms with van der Waals surface area (Å²) in [6.45, 7) is 0. The molecule has 30 heavy (non-hydrogen) atoms.